The van der Waals surface area contributed by atoms with Crippen LogP contribution in [0.5, 0.6) is 0 Å². The summed E-state index contributed by atoms with van der Waals surface area (Å²) in [6.45, 7) is 7.25. The molecule has 1 nitrogen and oxygen atoms in total. The van der Waals surface area contributed by atoms with Crippen molar-refractivity contribution < 1.29 is 0 Å². The first-order valence-corrected chi connectivity index (χ1v) is 7.94. The minimum Gasteiger partial charge on any atom is -0.311 e. The lowest BCUT2D eigenvalue weighted by molar-refractivity contribution is 0.180. The molecule has 2 saturated carbocycles. The summed E-state index contributed by atoms with van der Waals surface area (Å²) in [6, 6.07) is 1.56. The maximum absolute atomic E-state index is 3.99. The zero-order chi connectivity index (χ0) is 12.3. The highest BCUT2D eigenvalue weighted by Crippen LogP contribution is 2.33. The van der Waals surface area contributed by atoms with Gasteiger partial charge in [0.25, 0.3) is 0 Å². The first-order valence-electron chi connectivity index (χ1n) is 7.94. The van der Waals surface area contributed by atoms with Gasteiger partial charge in [-0.25, -0.2) is 0 Å². The molecule has 0 aromatic heterocycles. The molecule has 0 radical (unpaired) electrons. The molecule has 0 aromatic rings. The van der Waals surface area contributed by atoms with Crippen molar-refractivity contribution in [2.75, 3.05) is 0 Å². The van der Waals surface area contributed by atoms with Gasteiger partial charge >= 0.3 is 0 Å². The number of rotatable bonds is 4. The molecule has 2 rings (SSSR count). The molecule has 2 fully saturated rings. The van der Waals surface area contributed by atoms with Crippen LogP contribution in [0.15, 0.2) is 0 Å². The van der Waals surface area contributed by atoms with Gasteiger partial charge in [0.05, 0.1) is 0 Å². The number of hydrogen-bond acceptors (Lipinski definition) is 1. The molecule has 100 valence electrons. The second-order valence-electron chi connectivity index (χ2n) is 6.80. The molecule has 0 heterocycles. The Balaban J connectivity index is 1.86. The second-order valence-corrected chi connectivity index (χ2v) is 6.80. The highest BCUT2D eigenvalue weighted by molar-refractivity contribution is 4.87. The van der Waals surface area contributed by atoms with E-state index in [2.05, 4.69) is 26.1 Å². The fourth-order valence-corrected chi connectivity index (χ4v) is 4.10. The summed E-state index contributed by atoms with van der Waals surface area (Å²) in [5.41, 5.74) is 0. The molecule has 0 bridgehead atoms. The Bertz CT molecular complexity index is 218. The third-order valence-electron chi connectivity index (χ3n) is 5.26. The monoisotopic (exact) mass is 237 g/mol. The molecule has 2 unspecified atom stereocenters. The van der Waals surface area contributed by atoms with Crippen molar-refractivity contribution in [1.82, 2.24) is 5.32 Å². The quantitative estimate of drug-likeness (QED) is 0.765. The smallest absolute Gasteiger partial charge is 0.0100 e. The molecule has 1 N–H and O–H groups in total. The molecule has 2 aliphatic rings. The van der Waals surface area contributed by atoms with E-state index in [1.807, 2.05) is 0 Å². The van der Waals surface area contributed by atoms with E-state index < -0.39 is 0 Å². The maximum atomic E-state index is 3.99. The zero-order valence-corrected chi connectivity index (χ0v) is 12.0. The van der Waals surface area contributed by atoms with Crippen molar-refractivity contribution in [1.29, 1.82) is 0 Å². The summed E-state index contributed by atoms with van der Waals surface area (Å²) in [4.78, 5) is 0. The third kappa shape index (κ3) is 3.47. The van der Waals surface area contributed by atoms with Gasteiger partial charge < -0.3 is 5.32 Å². The molecule has 0 amide bonds. The van der Waals surface area contributed by atoms with Crippen LogP contribution < -0.4 is 5.32 Å². The van der Waals surface area contributed by atoms with Crippen molar-refractivity contribution in [3.05, 3.63) is 0 Å². The predicted molar refractivity (Wildman–Crippen MR) is 75.1 cm³/mol. The Morgan fingerprint density at radius 3 is 2.06 bits per heavy atom. The van der Waals surface area contributed by atoms with Gasteiger partial charge in [-0.05, 0) is 50.4 Å². The summed E-state index contributed by atoms with van der Waals surface area (Å²) in [7, 11) is 0. The topological polar surface area (TPSA) is 12.0 Å². The standard InChI is InChI=1S/C16H31N/c1-12(2)15-10-6-7-11-16(15)17-13(3)14-8-4-5-9-14/h12-17H,4-11H2,1-3H3/t13-,15?,16?/m1/s1. The van der Waals surface area contributed by atoms with Crippen molar-refractivity contribution in [2.45, 2.75) is 84.2 Å². The van der Waals surface area contributed by atoms with Crippen molar-refractivity contribution in [3.63, 3.8) is 0 Å². The first-order chi connectivity index (χ1) is 8.18. The summed E-state index contributed by atoms with van der Waals surface area (Å²) in [5, 5.41) is 3.99. The van der Waals surface area contributed by atoms with Crippen LogP contribution in [0.2, 0.25) is 0 Å². The van der Waals surface area contributed by atoms with Crippen molar-refractivity contribution in [3.8, 4) is 0 Å². The molecule has 0 aromatic carbocycles. The lowest BCUT2D eigenvalue weighted by Crippen LogP contribution is -2.47. The highest BCUT2D eigenvalue weighted by Gasteiger charge is 2.30. The first kappa shape index (κ1) is 13.4. The Labute approximate surface area is 108 Å². The number of nitrogens with one attached hydrogen (secondary N) is 1. The molecule has 1 heteroatoms. The summed E-state index contributed by atoms with van der Waals surface area (Å²) < 4.78 is 0. The molecular formula is C16H31N. The van der Waals surface area contributed by atoms with Gasteiger partial charge in [0.2, 0.25) is 0 Å². The Hall–Kier alpha value is -0.0400. The van der Waals surface area contributed by atoms with Crippen LogP contribution in [-0.2, 0) is 0 Å². The molecular weight excluding hydrogens is 206 g/mol. The van der Waals surface area contributed by atoms with Crippen LogP contribution in [-0.4, -0.2) is 12.1 Å². The van der Waals surface area contributed by atoms with Gasteiger partial charge in [0.15, 0.2) is 0 Å². The van der Waals surface area contributed by atoms with Crippen molar-refractivity contribution >= 4 is 0 Å². The van der Waals surface area contributed by atoms with E-state index in [4.69, 9.17) is 0 Å². The van der Waals surface area contributed by atoms with E-state index in [0.717, 1.165) is 29.8 Å². The molecule has 17 heavy (non-hydrogen) atoms. The summed E-state index contributed by atoms with van der Waals surface area (Å²) in [5.74, 6) is 2.74. The van der Waals surface area contributed by atoms with Crippen LogP contribution in [0.1, 0.15) is 72.1 Å². The molecule has 0 saturated heterocycles. The average molecular weight is 237 g/mol. The van der Waals surface area contributed by atoms with E-state index in [1.165, 1.54) is 51.4 Å². The minimum absolute atomic E-state index is 0.752. The molecule has 2 aliphatic carbocycles. The normalized spacial score (nSPS) is 33.2. The lowest BCUT2D eigenvalue weighted by atomic mass is 9.77. The van der Waals surface area contributed by atoms with E-state index in [9.17, 15) is 0 Å². The van der Waals surface area contributed by atoms with E-state index in [-0.39, 0.29) is 0 Å². The van der Waals surface area contributed by atoms with Crippen LogP contribution in [0.3, 0.4) is 0 Å². The van der Waals surface area contributed by atoms with Gasteiger partial charge in [-0.15, -0.1) is 0 Å². The van der Waals surface area contributed by atoms with Crippen LogP contribution in [0, 0.1) is 17.8 Å². The Morgan fingerprint density at radius 1 is 0.824 bits per heavy atom. The predicted octanol–water partition coefficient (Wildman–Crippen LogP) is 4.37. The lowest BCUT2D eigenvalue weighted by Gasteiger charge is -2.38. The third-order valence-corrected chi connectivity index (χ3v) is 5.26. The van der Waals surface area contributed by atoms with E-state index >= 15 is 0 Å². The minimum atomic E-state index is 0.752. The zero-order valence-electron chi connectivity index (χ0n) is 12.0. The largest absolute Gasteiger partial charge is 0.311 e. The summed E-state index contributed by atoms with van der Waals surface area (Å²) in [6.07, 6.45) is 11.6. The number of hydrogen-bond donors (Lipinski definition) is 1. The molecule has 3 atom stereocenters. The molecule has 0 spiro atoms. The van der Waals surface area contributed by atoms with Crippen molar-refractivity contribution in [2.24, 2.45) is 17.8 Å². The van der Waals surface area contributed by atoms with Crippen LogP contribution in [0.4, 0.5) is 0 Å². The Morgan fingerprint density at radius 2 is 1.41 bits per heavy atom. The fourth-order valence-electron chi connectivity index (χ4n) is 4.10. The van der Waals surface area contributed by atoms with E-state index in [0.29, 0.717) is 0 Å². The molecule has 0 aliphatic heterocycles. The van der Waals surface area contributed by atoms with Crippen LogP contribution in [0.25, 0.3) is 0 Å². The average Bonchev–Trinajstić information content (AvgIpc) is 2.83. The van der Waals surface area contributed by atoms with E-state index in [1.54, 1.807) is 0 Å². The van der Waals surface area contributed by atoms with Gasteiger partial charge in [-0.2, -0.15) is 0 Å². The van der Waals surface area contributed by atoms with Gasteiger partial charge in [0.1, 0.15) is 0 Å². The van der Waals surface area contributed by atoms with Gasteiger partial charge in [-0.1, -0.05) is 39.5 Å². The van der Waals surface area contributed by atoms with Gasteiger partial charge in [-0.3, -0.25) is 0 Å². The second kappa shape index (κ2) is 6.22. The fraction of sp³-hybridized carbons (Fsp3) is 1.00. The van der Waals surface area contributed by atoms with Crippen LogP contribution >= 0.6 is 0 Å². The highest BCUT2D eigenvalue weighted by atomic mass is 15.0. The Kier molecular flexibility index (Phi) is 4.90. The summed E-state index contributed by atoms with van der Waals surface area (Å²) >= 11 is 0. The maximum Gasteiger partial charge on any atom is 0.0100 e. The SMILES string of the molecule is CC(C)C1CCCCC1N[C@H](C)C1CCCC1. The van der Waals surface area contributed by atoms with Gasteiger partial charge in [0, 0.05) is 12.1 Å².